The molecule has 1 saturated carbocycles. The van der Waals surface area contributed by atoms with Crippen LogP contribution in [0.15, 0.2) is 0 Å². The highest BCUT2D eigenvalue weighted by Crippen LogP contribution is 2.46. The zero-order valence-corrected chi connectivity index (χ0v) is 14.4. The second-order valence-electron chi connectivity index (χ2n) is 6.69. The summed E-state index contributed by atoms with van der Waals surface area (Å²) in [7, 11) is 2.07. The van der Waals surface area contributed by atoms with Crippen LogP contribution in [0.3, 0.4) is 0 Å². The molecule has 118 valence electrons. The largest absolute Gasteiger partial charge is 0.368 e. The molecule has 0 amide bonds. The van der Waals surface area contributed by atoms with Gasteiger partial charge in [-0.05, 0) is 58.4 Å². The Labute approximate surface area is 132 Å². The van der Waals surface area contributed by atoms with Gasteiger partial charge < -0.3 is 10.1 Å². The molecule has 1 heterocycles. The Morgan fingerprint density at radius 3 is 2.95 bits per heavy atom. The molecule has 1 aromatic rings. The Kier molecular flexibility index (Phi) is 4.67. The third-order valence-corrected chi connectivity index (χ3v) is 6.46. The molecular formula is C17H28N2OS. The van der Waals surface area contributed by atoms with Gasteiger partial charge in [-0.3, -0.25) is 0 Å². The molecule has 3 nitrogen and oxygen atoms in total. The molecule has 1 fully saturated rings. The first-order valence-electron chi connectivity index (χ1n) is 8.50. The molecule has 0 saturated heterocycles. The molecule has 2 aliphatic carbocycles. The summed E-state index contributed by atoms with van der Waals surface area (Å²) in [6.45, 7) is 5.26. The average molecular weight is 308 g/mol. The lowest BCUT2D eigenvalue weighted by Crippen LogP contribution is -2.35. The number of fused-ring (bicyclic) bond motifs is 1. The van der Waals surface area contributed by atoms with Gasteiger partial charge >= 0.3 is 0 Å². The van der Waals surface area contributed by atoms with Crippen molar-refractivity contribution in [1.29, 1.82) is 0 Å². The van der Waals surface area contributed by atoms with Crippen molar-refractivity contribution < 1.29 is 4.74 Å². The lowest BCUT2D eigenvalue weighted by molar-refractivity contribution is -0.0821. The van der Waals surface area contributed by atoms with E-state index in [9.17, 15) is 0 Å². The summed E-state index contributed by atoms with van der Waals surface area (Å²) < 4.78 is 6.30. The van der Waals surface area contributed by atoms with E-state index in [1.807, 2.05) is 11.3 Å². The molecule has 0 spiro atoms. The Balaban J connectivity index is 1.95. The van der Waals surface area contributed by atoms with Crippen LogP contribution in [-0.4, -0.2) is 18.6 Å². The van der Waals surface area contributed by atoms with E-state index < -0.39 is 0 Å². The van der Waals surface area contributed by atoms with Crippen molar-refractivity contribution in [3.05, 3.63) is 15.6 Å². The van der Waals surface area contributed by atoms with Gasteiger partial charge in [0.2, 0.25) is 0 Å². The van der Waals surface area contributed by atoms with Crippen LogP contribution in [0.4, 0.5) is 0 Å². The first kappa shape index (κ1) is 15.4. The van der Waals surface area contributed by atoms with Gasteiger partial charge in [0.25, 0.3) is 0 Å². The number of thiazole rings is 1. The minimum atomic E-state index is -0.104. The number of hydrogen-bond acceptors (Lipinski definition) is 4. The van der Waals surface area contributed by atoms with E-state index in [1.165, 1.54) is 41.3 Å². The lowest BCUT2D eigenvalue weighted by Gasteiger charge is -2.38. The number of hydrogen-bond donors (Lipinski definition) is 1. The van der Waals surface area contributed by atoms with Crippen LogP contribution >= 0.6 is 11.3 Å². The predicted molar refractivity (Wildman–Crippen MR) is 87.8 cm³/mol. The lowest BCUT2D eigenvalue weighted by atomic mass is 9.79. The van der Waals surface area contributed by atoms with Crippen LogP contribution in [0.2, 0.25) is 0 Å². The average Bonchev–Trinajstić information content (AvgIpc) is 2.92. The Morgan fingerprint density at radius 2 is 2.24 bits per heavy atom. The normalized spacial score (nSPS) is 32.9. The highest BCUT2D eigenvalue weighted by molar-refractivity contribution is 7.12. The highest BCUT2D eigenvalue weighted by Gasteiger charge is 2.41. The van der Waals surface area contributed by atoms with E-state index in [4.69, 9.17) is 9.72 Å². The van der Waals surface area contributed by atoms with Crippen molar-refractivity contribution in [1.82, 2.24) is 10.3 Å². The van der Waals surface area contributed by atoms with E-state index in [0.29, 0.717) is 6.04 Å². The molecule has 0 aliphatic heterocycles. The third-order valence-electron chi connectivity index (χ3n) is 5.07. The fourth-order valence-corrected chi connectivity index (χ4v) is 5.49. The van der Waals surface area contributed by atoms with Gasteiger partial charge in [0.15, 0.2) is 0 Å². The smallest absolute Gasteiger partial charge is 0.125 e. The first-order valence-corrected chi connectivity index (χ1v) is 9.31. The van der Waals surface area contributed by atoms with Crippen molar-refractivity contribution in [3.8, 4) is 0 Å². The van der Waals surface area contributed by atoms with Gasteiger partial charge in [-0.15, -0.1) is 11.3 Å². The minimum Gasteiger partial charge on any atom is -0.368 e. The number of ether oxygens (including phenoxy) is 1. The molecule has 21 heavy (non-hydrogen) atoms. The highest BCUT2D eigenvalue weighted by atomic mass is 32.1. The van der Waals surface area contributed by atoms with E-state index in [0.717, 1.165) is 31.8 Å². The first-order chi connectivity index (χ1) is 10.2. The maximum atomic E-state index is 6.30. The molecule has 4 heteroatoms. The van der Waals surface area contributed by atoms with Crippen molar-refractivity contribution in [3.63, 3.8) is 0 Å². The van der Waals surface area contributed by atoms with Crippen molar-refractivity contribution >= 4 is 11.3 Å². The molecule has 3 atom stereocenters. The van der Waals surface area contributed by atoms with Crippen LogP contribution < -0.4 is 5.32 Å². The van der Waals surface area contributed by atoms with Crippen molar-refractivity contribution in [2.75, 3.05) is 13.7 Å². The molecule has 1 aromatic heterocycles. The molecule has 3 rings (SSSR count). The molecule has 3 unspecified atom stereocenters. The number of rotatable bonds is 4. The minimum absolute atomic E-state index is 0.104. The third kappa shape index (κ3) is 2.90. The van der Waals surface area contributed by atoms with E-state index >= 15 is 0 Å². The van der Waals surface area contributed by atoms with E-state index in [1.54, 1.807) is 0 Å². The Bertz CT molecular complexity index is 483. The fourth-order valence-electron chi connectivity index (χ4n) is 4.06. The molecule has 0 radical (unpaired) electrons. The van der Waals surface area contributed by atoms with Gasteiger partial charge in [-0.25, -0.2) is 4.98 Å². The zero-order valence-electron chi connectivity index (χ0n) is 13.6. The van der Waals surface area contributed by atoms with Crippen LogP contribution in [-0.2, 0) is 16.8 Å². The van der Waals surface area contributed by atoms with Crippen LogP contribution in [0, 0.1) is 5.92 Å². The summed E-state index contributed by atoms with van der Waals surface area (Å²) in [5.41, 5.74) is 1.23. The maximum absolute atomic E-state index is 6.30. The van der Waals surface area contributed by atoms with Crippen molar-refractivity contribution in [2.24, 2.45) is 5.92 Å². The van der Waals surface area contributed by atoms with Crippen LogP contribution in [0.5, 0.6) is 0 Å². The van der Waals surface area contributed by atoms with Gasteiger partial charge in [0.1, 0.15) is 10.6 Å². The summed E-state index contributed by atoms with van der Waals surface area (Å²) in [6.07, 6.45) is 8.50. The number of aryl methyl sites for hydroxylation is 1. The Hall–Kier alpha value is -0.450. The van der Waals surface area contributed by atoms with Gasteiger partial charge in [-0.2, -0.15) is 0 Å². The molecule has 2 aliphatic rings. The second-order valence-corrected chi connectivity index (χ2v) is 7.72. The van der Waals surface area contributed by atoms with Gasteiger partial charge in [0.05, 0.1) is 5.69 Å². The molecule has 0 aromatic carbocycles. The maximum Gasteiger partial charge on any atom is 0.125 e. The van der Waals surface area contributed by atoms with Gasteiger partial charge in [-0.1, -0.05) is 13.3 Å². The molecular weight excluding hydrogens is 280 g/mol. The fraction of sp³-hybridized carbons (Fsp3) is 0.824. The number of nitrogens with zero attached hydrogens (tertiary/aromatic N) is 1. The summed E-state index contributed by atoms with van der Waals surface area (Å²) in [5.74, 6) is 0.742. The molecule has 1 N–H and O–H groups in total. The second kappa shape index (κ2) is 6.35. The van der Waals surface area contributed by atoms with Crippen LogP contribution in [0.1, 0.15) is 74.0 Å². The standard InChI is InChI=1S/C17H28N2OS/c1-4-20-17(10-6-7-12(2)11-17)16-19-14-9-5-8-13(18-3)15(14)21-16/h12-13,18H,4-11H2,1-3H3. The summed E-state index contributed by atoms with van der Waals surface area (Å²) >= 11 is 1.92. The summed E-state index contributed by atoms with van der Waals surface area (Å²) in [4.78, 5) is 6.52. The number of aromatic nitrogens is 1. The zero-order chi connectivity index (χ0) is 14.9. The monoisotopic (exact) mass is 308 g/mol. The topological polar surface area (TPSA) is 34.1 Å². The predicted octanol–water partition coefficient (Wildman–Crippen LogP) is 4.18. The quantitative estimate of drug-likeness (QED) is 0.906. The number of nitrogens with one attached hydrogen (secondary N) is 1. The molecule has 0 bridgehead atoms. The van der Waals surface area contributed by atoms with Crippen molar-refractivity contribution in [2.45, 2.75) is 70.4 Å². The Morgan fingerprint density at radius 1 is 1.38 bits per heavy atom. The van der Waals surface area contributed by atoms with Crippen LogP contribution in [0.25, 0.3) is 0 Å². The summed E-state index contributed by atoms with van der Waals surface area (Å²) in [6, 6.07) is 0.500. The van der Waals surface area contributed by atoms with E-state index in [2.05, 4.69) is 26.2 Å². The van der Waals surface area contributed by atoms with Gasteiger partial charge in [0, 0.05) is 17.5 Å². The van der Waals surface area contributed by atoms with E-state index in [-0.39, 0.29) is 5.60 Å². The summed E-state index contributed by atoms with van der Waals surface area (Å²) in [5, 5.41) is 4.71. The SMILES string of the molecule is CCOC1(c2nc3c(s2)C(NC)CCC3)CCCC(C)C1.